The Balaban J connectivity index is 0.000000333. The summed E-state index contributed by atoms with van der Waals surface area (Å²) in [5.41, 5.74) is 1.55. The third-order valence-electron chi connectivity index (χ3n) is 5.37. The molecule has 1 atom stereocenters. The Hall–Kier alpha value is -3.76. The highest BCUT2D eigenvalue weighted by molar-refractivity contribution is 5.95. The molecule has 0 radical (unpaired) electrons. The number of aromatic nitrogens is 1. The molecule has 4 rings (SSSR count). The molecular weight excluding hydrogens is 556 g/mol. The van der Waals surface area contributed by atoms with Crippen molar-refractivity contribution < 1.29 is 60.4 Å². The van der Waals surface area contributed by atoms with Crippen molar-refractivity contribution in [2.24, 2.45) is 0 Å². The fraction of sp³-hybridized carbons (Fsp3) is 0.417. The summed E-state index contributed by atoms with van der Waals surface area (Å²) in [5, 5.41) is 14.2. The van der Waals surface area contributed by atoms with Crippen molar-refractivity contribution >= 4 is 23.5 Å². The van der Waals surface area contributed by atoms with Gasteiger partial charge >= 0.3 is 24.3 Å². The molecule has 1 aromatic heterocycles. The third-order valence-corrected chi connectivity index (χ3v) is 5.37. The monoisotopic (exact) mass is 581 g/mol. The van der Waals surface area contributed by atoms with Gasteiger partial charge < -0.3 is 24.6 Å². The zero-order valence-electron chi connectivity index (χ0n) is 20.7. The minimum absolute atomic E-state index is 0.0394. The van der Waals surface area contributed by atoms with Gasteiger partial charge in [0.25, 0.3) is 5.91 Å². The summed E-state index contributed by atoms with van der Waals surface area (Å²) in [5.74, 6) is -5.55. The fourth-order valence-electron chi connectivity index (χ4n) is 3.61. The average Bonchev–Trinajstić information content (AvgIpc) is 3.08. The number of carbonyl (C=O) groups excluding carboxylic acids is 1. The van der Waals surface area contributed by atoms with E-state index in [0.717, 1.165) is 25.3 Å². The summed E-state index contributed by atoms with van der Waals surface area (Å²) < 4.78 is 75.4. The van der Waals surface area contributed by atoms with Gasteiger partial charge in [-0.25, -0.2) is 9.59 Å². The number of alkyl halides is 6. The number of anilines is 1. The molecule has 10 nitrogen and oxygen atoms in total. The second kappa shape index (κ2) is 14.0. The predicted octanol–water partition coefficient (Wildman–Crippen LogP) is 2.98. The number of carboxylic acids is 2. The van der Waals surface area contributed by atoms with Crippen molar-refractivity contribution in [2.45, 2.75) is 24.5 Å². The van der Waals surface area contributed by atoms with Crippen LogP contribution in [-0.2, 0) is 30.4 Å². The van der Waals surface area contributed by atoms with Crippen molar-refractivity contribution in [3.8, 4) is 0 Å². The number of benzene rings is 1. The third kappa shape index (κ3) is 10.4. The van der Waals surface area contributed by atoms with Crippen LogP contribution in [0.1, 0.15) is 5.56 Å². The number of morpholine rings is 1. The number of hydrogen-bond donors (Lipinski definition) is 2. The quantitative estimate of drug-likeness (QED) is 0.526. The summed E-state index contributed by atoms with van der Waals surface area (Å²) in [6.45, 7) is 4.12. The van der Waals surface area contributed by atoms with Crippen LogP contribution in [-0.4, -0.2) is 95.4 Å². The first-order valence-corrected chi connectivity index (χ1v) is 11.4. The standard InChI is InChI=1S/C20H23N3O3.2C2HF3O2/c24-19-13-26-20(15-23(19)18-7-4-8-21-11-18)14-22(9-10-25-16-20)12-17-5-2-1-3-6-17;2*3-2(4,5)1(6)7/h1-8,11H,9-10,12-16H2;2*(H,6,7). The van der Waals surface area contributed by atoms with E-state index in [9.17, 15) is 31.1 Å². The molecule has 0 bridgehead atoms. The number of halogens is 6. The summed E-state index contributed by atoms with van der Waals surface area (Å²) in [6, 6.07) is 14.1. The van der Waals surface area contributed by atoms with Gasteiger partial charge in [-0.1, -0.05) is 30.3 Å². The topological polar surface area (TPSA) is 130 Å². The Bertz CT molecular complexity index is 1100. The van der Waals surface area contributed by atoms with E-state index in [4.69, 9.17) is 29.3 Å². The Morgan fingerprint density at radius 2 is 1.55 bits per heavy atom. The van der Waals surface area contributed by atoms with Gasteiger partial charge in [-0.05, 0) is 17.7 Å². The Kier molecular flexibility index (Phi) is 11.4. The molecule has 40 heavy (non-hydrogen) atoms. The second-order valence-electron chi connectivity index (χ2n) is 8.52. The molecule has 1 spiro atoms. The number of aliphatic carboxylic acids is 2. The smallest absolute Gasteiger partial charge is 0.475 e. The van der Waals surface area contributed by atoms with Crippen LogP contribution in [0, 0.1) is 0 Å². The number of pyridine rings is 1. The van der Waals surface area contributed by atoms with Crippen LogP contribution in [0.25, 0.3) is 0 Å². The van der Waals surface area contributed by atoms with Gasteiger partial charge in [0, 0.05) is 25.8 Å². The molecule has 2 aliphatic heterocycles. The van der Waals surface area contributed by atoms with Crippen LogP contribution in [0.15, 0.2) is 54.9 Å². The molecule has 2 aromatic rings. The van der Waals surface area contributed by atoms with Crippen molar-refractivity contribution in [2.75, 3.05) is 44.4 Å². The van der Waals surface area contributed by atoms with Gasteiger partial charge in [0.1, 0.15) is 12.2 Å². The fourth-order valence-corrected chi connectivity index (χ4v) is 3.61. The lowest BCUT2D eigenvalue weighted by atomic mass is 10.0. The normalized spacial score (nSPS) is 19.9. The molecule has 2 saturated heterocycles. The lowest BCUT2D eigenvalue weighted by molar-refractivity contribution is -0.193. The van der Waals surface area contributed by atoms with Crippen molar-refractivity contribution in [1.29, 1.82) is 0 Å². The SMILES string of the molecule is O=C(O)C(F)(F)F.O=C(O)C(F)(F)F.O=C1COC2(COCCN(Cc3ccccc3)C2)CN1c1cccnc1. The molecule has 3 heterocycles. The minimum atomic E-state index is -5.08. The van der Waals surface area contributed by atoms with Crippen molar-refractivity contribution in [1.82, 2.24) is 9.88 Å². The van der Waals surface area contributed by atoms with Gasteiger partial charge in [-0.3, -0.25) is 14.7 Å². The van der Waals surface area contributed by atoms with E-state index < -0.39 is 29.9 Å². The summed E-state index contributed by atoms with van der Waals surface area (Å²) in [7, 11) is 0. The van der Waals surface area contributed by atoms with E-state index >= 15 is 0 Å². The number of carbonyl (C=O) groups is 3. The highest BCUT2D eigenvalue weighted by Crippen LogP contribution is 2.27. The largest absolute Gasteiger partial charge is 0.490 e. The highest BCUT2D eigenvalue weighted by atomic mass is 19.4. The van der Waals surface area contributed by atoms with Crippen LogP contribution in [0.3, 0.4) is 0 Å². The van der Waals surface area contributed by atoms with E-state index in [1.54, 1.807) is 17.3 Å². The number of ether oxygens (including phenoxy) is 2. The summed E-state index contributed by atoms with van der Waals surface area (Å²) in [6.07, 6.45) is -6.74. The van der Waals surface area contributed by atoms with E-state index in [1.165, 1.54) is 5.56 Å². The molecule has 16 heteroatoms. The number of nitrogens with zero attached hydrogens (tertiary/aromatic N) is 3. The maximum atomic E-state index is 12.4. The number of hydrogen-bond acceptors (Lipinski definition) is 7. The molecule has 2 N–H and O–H groups in total. The molecular formula is C24H25F6N3O7. The summed E-state index contributed by atoms with van der Waals surface area (Å²) >= 11 is 0. The Morgan fingerprint density at radius 3 is 2.08 bits per heavy atom. The molecule has 1 aromatic carbocycles. The van der Waals surface area contributed by atoms with E-state index in [2.05, 4.69) is 34.1 Å². The first-order valence-electron chi connectivity index (χ1n) is 11.4. The lowest BCUT2D eigenvalue weighted by Crippen LogP contribution is -2.60. The van der Waals surface area contributed by atoms with E-state index in [-0.39, 0.29) is 12.5 Å². The van der Waals surface area contributed by atoms with Crippen LogP contribution in [0.4, 0.5) is 32.0 Å². The van der Waals surface area contributed by atoms with Crippen LogP contribution >= 0.6 is 0 Å². The minimum Gasteiger partial charge on any atom is -0.475 e. The molecule has 220 valence electrons. The molecule has 2 fully saturated rings. The lowest BCUT2D eigenvalue weighted by Gasteiger charge is -2.43. The predicted molar refractivity (Wildman–Crippen MR) is 125 cm³/mol. The van der Waals surface area contributed by atoms with Crippen LogP contribution in [0.5, 0.6) is 0 Å². The van der Waals surface area contributed by atoms with Crippen LogP contribution < -0.4 is 4.90 Å². The maximum Gasteiger partial charge on any atom is 0.490 e. The van der Waals surface area contributed by atoms with Crippen molar-refractivity contribution in [3.63, 3.8) is 0 Å². The number of amides is 1. The highest BCUT2D eigenvalue weighted by Gasteiger charge is 2.43. The van der Waals surface area contributed by atoms with Gasteiger partial charge in [-0.15, -0.1) is 0 Å². The van der Waals surface area contributed by atoms with Gasteiger partial charge in [0.05, 0.1) is 31.6 Å². The van der Waals surface area contributed by atoms with E-state index in [1.807, 2.05) is 18.2 Å². The van der Waals surface area contributed by atoms with Gasteiger partial charge in [0.2, 0.25) is 0 Å². The first kappa shape index (κ1) is 32.5. The Labute approximate surface area is 223 Å². The van der Waals surface area contributed by atoms with Crippen LogP contribution in [0.2, 0.25) is 0 Å². The summed E-state index contributed by atoms with van der Waals surface area (Å²) in [4.78, 5) is 38.4. The Morgan fingerprint density at radius 1 is 0.950 bits per heavy atom. The molecule has 0 saturated carbocycles. The average molecular weight is 581 g/mol. The zero-order chi connectivity index (χ0) is 30.0. The second-order valence-corrected chi connectivity index (χ2v) is 8.52. The molecule has 1 amide bonds. The number of rotatable bonds is 3. The zero-order valence-corrected chi connectivity index (χ0v) is 20.7. The first-order chi connectivity index (χ1) is 18.6. The maximum absolute atomic E-state index is 12.4. The molecule has 1 unspecified atom stereocenters. The number of carboxylic acid groups (broad SMARTS) is 2. The van der Waals surface area contributed by atoms with E-state index in [0.29, 0.717) is 19.8 Å². The van der Waals surface area contributed by atoms with Gasteiger partial charge in [0.15, 0.2) is 0 Å². The molecule has 0 aliphatic carbocycles. The molecule has 2 aliphatic rings. The van der Waals surface area contributed by atoms with Crippen molar-refractivity contribution in [3.05, 3.63) is 60.4 Å². The van der Waals surface area contributed by atoms with Gasteiger partial charge in [-0.2, -0.15) is 26.3 Å².